The lowest BCUT2D eigenvalue weighted by atomic mass is 9.71. The van der Waals surface area contributed by atoms with E-state index in [1.54, 1.807) is 0 Å². The third-order valence-electron chi connectivity index (χ3n) is 9.04. The zero-order valence-corrected chi connectivity index (χ0v) is 23.2. The van der Waals surface area contributed by atoms with Gasteiger partial charge in [-0.05, 0) is 98.3 Å². The van der Waals surface area contributed by atoms with Crippen LogP contribution >= 0.6 is 0 Å². The first-order valence-electron chi connectivity index (χ1n) is 14.7. The van der Waals surface area contributed by atoms with Gasteiger partial charge in [-0.25, -0.2) is 0 Å². The number of hydrogen-bond donors (Lipinski definition) is 0. The van der Waals surface area contributed by atoms with Crippen molar-refractivity contribution in [2.45, 2.75) is 118 Å². The molecule has 0 bridgehead atoms. The summed E-state index contributed by atoms with van der Waals surface area (Å²) in [5.74, 6) is 2.18. The van der Waals surface area contributed by atoms with Gasteiger partial charge in [0.15, 0.2) is 0 Å². The maximum absolute atomic E-state index is 12.5. The summed E-state index contributed by atoms with van der Waals surface area (Å²) in [5.41, 5.74) is 6.50. The molecule has 1 unspecified atom stereocenters. The largest absolute Gasteiger partial charge is 0.466 e. The van der Waals surface area contributed by atoms with Gasteiger partial charge in [-0.3, -0.25) is 14.6 Å². The number of carbonyl (C=O) groups excluding carboxylic acids is 2. The van der Waals surface area contributed by atoms with Crippen molar-refractivity contribution in [3.63, 3.8) is 0 Å². The molecule has 2 fully saturated rings. The van der Waals surface area contributed by atoms with E-state index in [9.17, 15) is 9.59 Å². The number of carbonyl (C=O) groups is 2. The molecule has 2 aliphatic carbocycles. The van der Waals surface area contributed by atoms with E-state index in [4.69, 9.17) is 9.73 Å². The lowest BCUT2D eigenvalue weighted by Gasteiger charge is -2.35. The van der Waals surface area contributed by atoms with Gasteiger partial charge in [-0.15, -0.1) is 0 Å². The average Bonchev–Trinajstić information content (AvgIpc) is 3.43. The second-order valence-electron chi connectivity index (χ2n) is 12.2. The van der Waals surface area contributed by atoms with Crippen molar-refractivity contribution in [2.75, 3.05) is 6.61 Å². The lowest BCUT2D eigenvalue weighted by molar-refractivity contribution is -0.142. The van der Waals surface area contributed by atoms with E-state index in [0.717, 1.165) is 75.0 Å². The van der Waals surface area contributed by atoms with Gasteiger partial charge in [0.1, 0.15) is 5.78 Å². The number of esters is 1. The second-order valence-corrected chi connectivity index (χ2v) is 12.2. The number of ether oxygens (including phenoxy) is 1. The molecule has 1 aromatic carbocycles. The van der Waals surface area contributed by atoms with Crippen LogP contribution in [-0.2, 0) is 33.6 Å². The maximum atomic E-state index is 12.5. The van der Waals surface area contributed by atoms with Crippen molar-refractivity contribution in [3.05, 3.63) is 28.8 Å². The van der Waals surface area contributed by atoms with Crippen LogP contribution in [0.5, 0.6) is 0 Å². The minimum atomic E-state index is -0.138. The quantitative estimate of drug-likeness (QED) is 0.221. The third-order valence-corrected chi connectivity index (χ3v) is 9.04. The summed E-state index contributed by atoms with van der Waals surface area (Å²) in [7, 11) is 0. The van der Waals surface area contributed by atoms with Crippen LogP contribution in [0, 0.1) is 23.2 Å². The molecule has 0 aromatic heterocycles. The number of ketones is 1. The van der Waals surface area contributed by atoms with Gasteiger partial charge in [0.25, 0.3) is 0 Å². The van der Waals surface area contributed by atoms with Crippen molar-refractivity contribution in [2.24, 2.45) is 28.2 Å². The molecular formula is C32H47NO3. The predicted molar refractivity (Wildman–Crippen MR) is 147 cm³/mol. The van der Waals surface area contributed by atoms with Crippen molar-refractivity contribution in [3.8, 4) is 0 Å². The molecule has 1 aromatic rings. The smallest absolute Gasteiger partial charge is 0.310 e. The maximum Gasteiger partial charge on any atom is 0.310 e. The first-order valence-corrected chi connectivity index (χ1v) is 14.7. The highest BCUT2D eigenvalue weighted by Gasteiger charge is 2.49. The Morgan fingerprint density at radius 1 is 1.06 bits per heavy atom. The van der Waals surface area contributed by atoms with Crippen LogP contribution in [0.2, 0.25) is 0 Å². The molecule has 3 aliphatic rings. The number of benzene rings is 1. The highest BCUT2D eigenvalue weighted by Crippen LogP contribution is 2.52. The zero-order valence-electron chi connectivity index (χ0n) is 23.2. The average molecular weight is 494 g/mol. The zero-order chi connectivity index (χ0) is 25.7. The normalized spacial score (nSPS) is 23.1. The summed E-state index contributed by atoms with van der Waals surface area (Å²) in [6.07, 6.45) is 14.7. The molecule has 1 heterocycles. The Labute approximate surface area is 218 Å². The van der Waals surface area contributed by atoms with E-state index in [0.29, 0.717) is 30.6 Å². The van der Waals surface area contributed by atoms with Gasteiger partial charge >= 0.3 is 5.97 Å². The van der Waals surface area contributed by atoms with E-state index in [-0.39, 0.29) is 11.4 Å². The Balaban J connectivity index is 1.51. The number of fused-ring (bicyclic) bond motifs is 1. The van der Waals surface area contributed by atoms with E-state index in [2.05, 4.69) is 32.9 Å². The summed E-state index contributed by atoms with van der Waals surface area (Å²) >= 11 is 0. The van der Waals surface area contributed by atoms with E-state index < -0.39 is 0 Å². The Morgan fingerprint density at radius 2 is 1.83 bits per heavy atom. The predicted octanol–water partition coefficient (Wildman–Crippen LogP) is 7.75. The summed E-state index contributed by atoms with van der Waals surface area (Å²) in [4.78, 5) is 30.1. The number of hydrogen-bond acceptors (Lipinski definition) is 4. The molecule has 2 saturated carbocycles. The summed E-state index contributed by atoms with van der Waals surface area (Å²) in [6.45, 7) is 8.93. The van der Waals surface area contributed by atoms with Crippen LogP contribution in [0.1, 0.15) is 115 Å². The van der Waals surface area contributed by atoms with Gasteiger partial charge in [0.05, 0.1) is 18.7 Å². The van der Waals surface area contributed by atoms with Crippen LogP contribution in [0.3, 0.4) is 0 Å². The molecule has 0 N–H and O–H groups in total. The minimum absolute atomic E-state index is 0.138. The Kier molecular flexibility index (Phi) is 9.06. The van der Waals surface area contributed by atoms with Crippen molar-refractivity contribution in [1.29, 1.82) is 0 Å². The van der Waals surface area contributed by atoms with Gasteiger partial charge in [0, 0.05) is 18.1 Å². The third kappa shape index (κ3) is 6.66. The monoisotopic (exact) mass is 493 g/mol. The van der Waals surface area contributed by atoms with Gasteiger partial charge in [-0.1, -0.05) is 52.5 Å². The standard InChI is InChI=1S/C32H47NO3/c1-5-10-26-24(20-31(35)36-6-2)16-18-29-27(26)17-15-23(22-11-9-12-22)19-25(33-29)13-7-8-14-30(34)28-21-32(28,3)4/h16,18,22-23,28H,5-15,17,19-21H2,1-4H3/t23?,28-/m1/s1. The summed E-state index contributed by atoms with van der Waals surface area (Å²) < 4.78 is 5.27. The summed E-state index contributed by atoms with van der Waals surface area (Å²) in [5, 5.41) is 0. The van der Waals surface area contributed by atoms with Gasteiger partial charge < -0.3 is 4.74 Å². The van der Waals surface area contributed by atoms with E-state index in [1.807, 2.05) is 6.92 Å². The topological polar surface area (TPSA) is 55.7 Å². The van der Waals surface area contributed by atoms with Crippen LogP contribution in [-0.4, -0.2) is 24.1 Å². The molecule has 36 heavy (non-hydrogen) atoms. The fourth-order valence-corrected chi connectivity index (χ4v) is 6.45. The van der Waals surface area contributed by atoms with Crippen molar-refractivity contribution < 1.29 is 14.3 Å². The molecule has 0 amide bonds. The number of Topliss-reactive ketones (excluding diaryl/α,β-unsaturated/α-hetero) is 1. The minimum Gasteiger partial charge on any atom is -0.466 e. The van der Waals surface area contributed by atoms with Crippen LogP contribution in [0.25, 0.3) is 0 Å². The molecule has 4 nitrogen and oxygen atoms in total. The molecule has 198 valence electrons. The van der Waals surface area contributed by atoms with E-state index >= 15 is 0 Å². The van der Waals surface area contributed by atoms with Crippen LogP contribution in [0.15, 0.2) is 17.1 Å². The second kappa shape index (κ2) is 12.0. The van der Waals surface area contributed by atoms with Gasteiger partial charge in [0.2, 0.25) is 0 Å². The van der Waals surface area contributed by atoms with Crippen LogP contribution < -0.4 is 0 Å². The molecule has 4 rings (SSSR count). The lowest BCUT2D eigenvalue weighted by Crippen LogP contribution is -2.26. The molecule has 4 heteroatoms. The van der Waals surface area contributed by atoms with Gasteiger partial charge in [-0.2, -0.15) is 0 Å². The highest BCUT2D eigenvalue weighted by atomic mass is 16.5. The Hall–Kier alpha value is -1.97. The summed E-state index contributed by atoms with van der Waals surface area (Å²) in [6, 6.07) is 4.26. The number of unbranched alkanes of at least 4 members (excludes halogenated alkanes) is 1. The number of nitrogens with zero attached hydrogens (tertiary/aromatic N) is 1. The number of aliphatic imine (C=N–C) groups is 1. The molecular weight excluding hydrogens is 446 g/mol. The first-order chi connectivity index (χ1) is 17.3. The molecule has 0 spiro atoms. The fourth-order valence-electron chi connectivity index (χ4n) is 6.45. The molecule has 2 atom stereocenters. The van der Waals surface area contributed by atoms with E-state index in [1.165, 1.54) is 42.5 Å². The first kappa shape index (κ1) is 27.1. The highest BCUT2D eigenvalue weighted by molar-refractivity contribution is 5.88. The van der Waals surface area contributed by atoms with Crippen molar-refractivity contribution >= 4 is 23.2 Å². The number of rotatable bonds is 12. The Morgan fingerprint density at radius 3 is 2.47 bits per heavy atom. The molecule has 0 saturated heterocycles. The van der Waals surface area contributed by atoms with Crippen molar-refractivity contribution in [1.82, 2.24) is 0 Å². The molecule has 0 radical (unpaired) electrons. The Bertz CT molecular complexity index is 972. The molecule has 1 aliphatic heterocycles. The SMILES string of the molecule is CCCc1c(CC(=O)OCC)ccc2c1CCC(C1CCC1)CC(CCCCC(=O)[C@H]1CC1(C)C)=N2. The fraction of sp³-hybridized carbons (Fsp3) is 0.719. The van der Waals surface area contributed by atoms with Crippen LogP contribution in [0.4, 0.5) is 5.69 Å².